The van der Waals surface area contributed by atoms with Crippen LogP contribution in [0.3, 0.4) is 0 Å². The van der Waals surface area contributed by atoms with Crippen molar-refractivity contribution in [2.24, 2.45) is 11.3 Å². The number of esters is 2. The summed E-state index contributed by atoms with van der Waals surface area (Å²) < 4.78 is 10.7. The fourth-order valence-electron chi connectivity index (χ4n) is 2.31. The van der Waals surface area contributed by atoms with E-state index in [2.05, 4.69) is 20.8 Å². The molecule has 1 unspecified atom stereocenters. The Kier molecular flexibility index (Phi) is 6.79. The van der Waals surface area contributed by atoms with Gasteiger partial charge in [0.05, 0.1) is 23.8 Å². The molecule has 0 aromatic heterocycles. The van der Waals surface area contributed by atoms with Gasteiger partial charge in [0.15, 0.2) is 0 Å². The molecular formula is C19H28O4. The molecule has 1 atom stereocenters. The molecule has 0 N–H and O–H groups in total. The highest BCUT2D eigenvalue weighted by molar-refractivity contribution is 6.03. The van der Waals surface area contributed by atoms with E-state index in [0.717, 1.165) is 6.42 Å². The second-order valence-corrected chi connectivity index (χ2v) is 7.52. The number of ether oxygens (including phenoxy) is 2. The second kappa shape index (κ2) is 8.14. The molecule has 1 aromatic carbocycles. The lowest BCUT2D eigenvalue weighted by Gasteiger charge is -2.23. The molecule has 128 valence electrons. The summed E-state index contributed by atoms with van der Waals surface area (Å²) in [4.78, 5) is 24.5. The monoisotopic (exact) mass is 320 g/mol. The zero-order valence-electron chi connectivity index (χ0n) is 15.0. The van der Waals surface area contributed by atoms with Gasteiger partial charge in [-0.15, -0.1) is 0 Å². The van der Waals surface area contributed by atoms with Crippen LogP contribution >= 0.6 is 0 Å². The lowest BCUT2D eigenvalue weighted by atomic mass is 9.90. The van der Waals surface area contributed by atoms with Crippen molar-refractivity contribution in [3.63, 3.8) is 0 Å². The van der Waals surface area contributed by atoms with E-state index in [4.69, 9.17) is 9.47 Å². The van der Waals surface area contributed by atoms with E-state index < -0.39 is 11.9 Å². The van der Waals surface area contributed by atoms with Crippen molar-refractivity contribution in [2.45, 2.75) is 54.1 Å². The number of rotatable bonds is 6. The highest BCUT2D eigenvalue weighted by atomic mass is 16.5. The van der Waals surface area contributed by atoms with E-state index in [9.17, 15) is 9.59 Å². The lowest BCUT2D eigenvalue weighted by Crippen LogP contribution is -2.23. The van der Waals surface area contributed by atoms with Gasteiger partial charge in [-0.05, 0) is 36.8 Å². The minimum atomic E-state index is -0.491. The quantitative estimate of drug-likeness (QED) is 0.725. The SMILES string of the molecule is CC(C)COC(=O)c1ccccc1C(=O)OC(C)CC(C)(C)C. The van der Waals surface area contributed by atoms with Crippen LogP contribution in [-0.4, -0.2) is 24.6 Å². The average Bonchev–Trinajstić information content (AvgIpc) is 2.42. The molecule has 4 heteroatoms. The van der Waals surface area contributed by atoms with E-state index in [0.29, 0.717) is 6.61 Å². The zero-order valence-corrected chi connectivity index (χ0v) is 15.0. The summed E-state index contributed by atoms with van der Waals surface area (Å²) in [5.41, 5.74) is 0.568. The summed E-state index contributed by atoms with van der Waals surface area (Å²) in [6, 6.07) is 6.61. The first kappa shape index (κ1) is 19.2. The van der Waals surface area contributed by atoms with Gasteiger partial charge in [-0.2, -0.15) is 0 Å². The summed E-state index contributed by atoms with van der Waals surface area (Å²) in [5, 5.41) is 0. The van der Waals surface area contributed by atoms with Gasteiger partial charge < -0.3 is 9.47 Å². The number of hydrogen-bond donors (Lipinski definition) is 0. The van der Waals surface area contributed by atoms with Crippen LogP contribution in [0, 0.1) is 11.3 Å². The Morgan fingerprint density at radius 3 is 2.00 bits per heavy atom. The molecule has 0 aliphatic heterocycles. The van der Waals surface area contributed by atoms with Gasteiger partial charge in [-0.25, -0.2) is 9.59 Å². The van der Waals surface area contributed by atoms with Gasteiger partial charge in [0.25, 0.3) is 0 Å². The van der Waals surface area contributed by atoms with Gasteiger partial charge in [0.2, 0.25) is 0 Å². The highest BCUT2D eigenvalue weighted by Gasteiger charge is 2.23. The van der Waals surface area contributed by atoms with Crippen molar-refractivity contribution in [1.82, 2.24) is 0 Å². The van der Waals surface area contributed by atoms with E-state index in [-0.39, 0.29) is 28.6 Å². The highest BCUT2D eigenvalue weighted by Crippen LogP contribution is 2.23. The Morgan fingerprint density at radius 1 is 1.00 bits per heavy atom. The first-order chi connectivity index (χ1) is 10.6. The predicted molar refractivity (Wildman–Crippen MR) is 90.5 cm³/mol. The van der Waals surface area contributed by atoms with E-state index in [1.807, 2.05) is 20.8 Å². The maximum Gasteiger partial charge on any atom is 0.339 e. The van der Waals surface area contributed by atoms with Crippen LogP contribution in [0.15, 0.2) is 24.3 Å². The molecule has 0 bridgehead atoms. The molecule has 0 aliphatic carbocycles. The minimum absolute atomic E-state index is 0.0649. The zero-order chi connectivity index (χ0) is 17.6. The summed E-state index contributed by atoms with van der Waals surface area (Å²) >= 11 is 0. The molecule has 0 aliphatic rings. The lowest BCUT2D eigenvalue weighted by molar-refractivity contribution is 0.0243. The smallest absolute Gasteiger partial charge is 0.339 e. The normalized spacial score (nSPS) is 12.8. The van der Waals surface area contributed by atoms with Crippen molar-refractivity contribution in [3.05, 3.63) is 35.4 Å². The van der Waals surface area contributed by atoms with E-state index >= 15 is 0 Å². The van der Waals surface area contributed by atoms with Crippen molar-refractivity contribution < 1.29 is 19.1 Å². The Balaban J connectivity index is 2.83. The molecular weight excluding hydrogens is 292 g/mol. The Bertz CT molecular complexity index is 541. The maximum absolute atomic E-state index is 12.4. The molecule has 0 saturated heterocycles. The second-order valence-electron chi connectivity index (χ2n) is 7.52. The van der Waals surface area contributed by atoms with Crippen LogP contribution in [0.4, 0.5) is 0 Å². The van der Waals surface area contributed by atoms with Gasteiger partial charge in [0.1, 0.15) is 0 Å². The first-order valence-corrected chi connectivity index (χ1v) is 8.07. The van der Waals surface area contributed by atoms with Crippen molar-refractivity contribution in [3.8, 4) is 0 Å². The number of benzene rings is 1. The molecule has 23 heavy (non-hydrogen) atoms. The average molecular weight is 320 g/mol. The summed E-state index contributed by atoms with van der Waals surface area (Å²) in [6.45, 7) is 12.4. The molecule has 1 aromatic rings. The largest absolute Gasteiger partial charge is 0.462 e. The fraction of sp³-hybridized carbons (Fsp3) is 0.579. The van der Waals surface area contributed by atoms with Crippen molar-refractivity contribution >= 4 is 11.9 Å². The Labute approximate surface area is 139 Å². The molecule has 0 fully saturated rings. The third-order valence-corrected chi connectivity index (χ3v) is 3.12. The first-order valence-electron chi connectivity index (χ1n) is 8.07. The summed E-state index contributed by atoms with van der Waals surface area (Å²) in [6.07, 6.45) is 0.529. The molecule has 0 saturated carbocycles. The van der Waals surface area contributed by atoms with Crippen LogP contribution < -0.4 is 0 Å². The van der Waals surface area contributed by atoms with Crippen LogP contribution in [0.25, 0.3) is 0 Å². The summed E-state index contributed by atoms with van der Waals surface area (Å²) in [5.74, 6) is -0.738. The molecule has 1 rings (SSSR count). The predicted octanol–water partition coefficient (Wildman–Crippen LogP) is 4.48. The maximum atomic E-state index is 12.4. The van der Waals surface area contributed by atoms with Gasteiger partial charge in [-0.1, -0.05) is 46.8 Å². The van der Waals surface area contributed by atoms with Gasteiger partial charge >= 0.3 is 11.9 Å². The van der Waals surface area contributed by atoms with Crippen molar-refractivity contribution in [2.75, 3.05) is 6.61 Å². The molecule has 0 amide bonds. The molecule has 0 heterocycles. The molecule has 4 nitrogen and oxygen atoms in total. The minimum Gasteiger partial charge on any atom is -0.462 e. The Hall–Kier alpha value is -1.84. The van der Waals surface area contributed by atoms with Crippen LogP contribution in [0.2, 0.25) is 0 Å². The fourth-order valence-corrected chi connectivity index (χ4v) is 2.31. The Morgan fingerprint density at radius 2 is 1.52 bits per heavy atom. The molecule has 0 spiro atoms. The number of carbonyl (C=O) groups is 2. The van der Waals surface area contributed by atoms with Crippen LogP contribution in [0.5, 0.6) is 0 Å². The third kappa shape index (κ3) is 6.85. The van der Waals surface area contributed by atoms with Crippen molar-refractivity contribution in [1.29, 1.82) is 0 Å². The van der Waals surface area contributed by atoms with Crippen LogP contribution in [-0.2, 0) is 9.47 Å². The standard InChI is InChI=1S/C19H28O4/c1-13(2)12-22-17(20)15-9-7-8-10-16(15)18(21)23-14(3)11-19(4,5)6/h7-10,13-14H,11-12H2,1-6H3. The number of carbonyl (C=O) groups excluding carboxylic acids is 2. The number of hydrogen-bond acceptors (Lipinski definition) is 4. The van der Waals surface area contributed by atoms with E-state index in [1.54, 1.807) is 24.3 Å². The topological polar surface area (TPSA) is 52.6 Å². The van der Waals surface area contributed by atoms with Gasteiger partial charge in [-0.3, -0.25) is 0 Å². The third-order valence-electron chi connectivity index (χ3n) is 3.12. The van der Waals surface area contributed by atoms with Crippen LogP contribution in [0.1, 0.15) is 68.7 Å². The molecule has 0 radical (unpaired) electrons. The van der Waals surface area contributed by atoms with E-state index in [1.165, 1.54) is 0 Å². The summed E-state index contributed by atoms with van der Waals surface area (Å²) in [7, 11) is 0. The van der Waals surface area contributed by atoms with Gasteiger partial charge in [0, 0.05) is 0 Å².